The molecule has 1 heterocycles. The molecule has 0 aliphatic heterocycles. The summed E-state index contributed by atoms with van der Waals surface area (Å²) in [6.07, 6.45) is 0.305. The van der Waals surface area contributed by atoms with Crippen molar-refractivity contribution in [2.75, 3.05) is 0 Å². The molecule has 21 heavy (non-hydrogen) atoms. The number of nitrogens with two attached hydrogens (primary N) is 1. The number of primary amides is 1. The van der Waals surface area contributed by atoms with Crippen LogP contribution in [0.25, 0.3) is 0 Å². The van der Waals surface area contributed by atoms with E-state index in [-0.39, 0.29) is 12.2 Å². The highest BCUT2D eigenvalue weighted by Gasteiger charge is 2.23. The predicted octanol–water partition coefficient (Wildman–Crippen LogP) is -0.645. The van der Waals surface area contributed by atoms with Gasteiger partial charge in [-0.2, -0.15) is 0 Å². The first-order valence-electron chi connectivity index (χ1n) is 6.01. The van der Waals surface area contributed by atoms with Crippen LogP contribution in [0, 0.1) is 0 Å². The average molecular weight is 299 g/mol. The Balaban J connectivity index is 2.71. The standard InChI is InChI=1S/C11H17N5O5/c1-11(2,3)21-10(20)13-6(8(12)17)4-16-5-7(9(18)19)14-15-16/h5-6H,4H2,1-3H3,(H2,12,17)(H,13,20)(H,18,19)/t6-/m1/s1. The second-order valence-corrected chi connectivity index (χ2v) is 5.23. The van der Waals surface area contributed by atoms with Gasteiger partial charge in [0, 0.05) is 0 Å². The first kappa shape index (κ1) is 16.4. The molecule has 4 N–H and O–H groups in total. The van der Waals surface area contributed by atoms with Crippen molar-refractivity contribution in [3.8, 4) is 0 Å². The van der Waals surface area contributed by atoms with Crippen molar-refractivity contribution in [1.82, 2.24) is 20.3 Å². The molecular formula is C11H17N5O5. The second-order valence-electron chi connectivity index (χ2n) is 5.23. The lowest BCUT2D eigenvalue weighted by Gasteiger charge is -2.22. The third-order valence-corrected chi connectivity index (χ3v) is 2.16. The molecular weight excluding hydrogens is 282 g/mol. The molecule has 1 rings (SSSR count). The molecule has 1 aromatic heterocycles. The van der Waals surface area contributed by atoms with Crippen LogP contribution in [0.3, 0.4) is 0 Å². The summed E-state index contributed by atoms with van der Waals surface area (Å²) in [7, 11) is 0. The summed E-state index contributed by atoms with van der Waals surface area (Å²) in [5.74, 6) is -2.06. The molecule has 0 aromatic carbocycles. The zero-order valence-corrected chi connectivity index (χ0v) is 11.9. The minimum absolute atomic E-state index is 0.158. The molecule has 2 amide bonds. The predicted molar refractivity (Wildman–Crippen MR) is 69.3 cm³/mol. The molecule has 1 aromatic rings. The summed E-state index contributed by atoms with van der Waals surface area (Å²) < 4.78 is 6.10. The number of nitrogens with one attached hydrogen (secondary N) is 1. The Kier molecular flexibility index (Phi) is 4.84. The molecule has 0 bridgehead atoms. The topological polar surface area (TPSA) is 149 Å². The highest BCUT2D eigenvalue weighted by Crippen LogP contribution is 2.07. The highest BCUT2D eigenvalue weighted by atomic mass is 16.6. The van der Waals surface area contributed by atoms with E-state index in [2.05, 4.69) is 15.6 Å². The second kappa shape index (κ2) is 6.20. The number of amides is 2. The number of carboxylic acid groups (broad SMARTS) is 1. The van der Waals surface area contributed by atoms with Gasteiger partial charge in [0.05, 0.1) is 12.7 Å². The van der Waals surface area contributed by atoms with Crippen LogP contribution >= 0.6 is 0 Å². The lowest BCUT2D eigenvalue weighted by Crippen LogP contribution is -2.48. The molecule has 0 aliphatic carbocycles. The third kappa shape index (κ3) is 5.47. The maximum atomic E-state index is 11.6. The minimum atomic E-state index is -1.25. The molecule has 0 fully saturated rings. The minimum Gasteiger partial charge on any atom is -0.476 e. The first-order valence-corrected chi connectivity index (χ1v) is 6.01. The number of hydrogen-bond acceptors (Lipinski definition) is 6. The van der Waals surface area contributed by atoms with Crippen molar-refractivity contribution in [3.63, 3.8) is 0 Å². The zero-order valence-electron chi connectivity index (χ0n) is 11.9. The highest BCUT2D eigenvalue weighted by molar-refractivity contribution is 5.85. The molecule has 0 radical (unpaired) electrons. The Labute approximate surface area is 120 Å². The van der Waals surface area contributed by atoms with Crippen molar-refractivity contribution >= 4 is 18.0 Å². The van der Waals surface area contributed by atoms with E-state index in [1.54, 1.807) is 20.8 Å². The smallest absolute Gasteiger partial charge is 0.408 e. The van der Waals surface area contributed by atoms with E-state index in [1.165, 1.54) is 0 Å². The number of alkyl carbamates (subject to hydrolysis) is 1. The fraction of sp³-hybridized carbons (Fsp3) is 0.545. The fourth-order valence-electron chi connectivity index (χ4n) is 1.33. The molecule has 0 unspecified atom stereocenters. The van der Waals surface area contributed by atoms with E-state index < -0.39 is 29.6 Å². The molecule has 0 spiro atoms. The molecule has 10 nitrogen and oxygen atoms in total. The third-order valence-electron chi connectivity index (χ3n) is 2.16. The number of carboxylic acids is 1. The molecule has 0 aliphatic rings. The van der Waals surface area contributed by atoms with E-state index in [0.717, 1.165) is 10.9 Å². The van der Waals surface area contributed by atoms with Crippen LogP contribution in [0.2, 0.25) is 0 Å². The van der Waals surface area contributed by atoms with Crippen LogP contribution in [0.15, 0.2) is 6.20 Å². The Hall–Kier alpha value is -2.65. The fourth-order valence-corrected chi connectivity index (χ4v) is 1.33. The molecule has 116 valence electrons. The average Bonchev–Trinajstić information content (AvgIpc) is 2.74. The van der Waals surface area contributed by atoms with Crippen molar-refractivity contribution < 1.29 is 24.2 Å². The molecule has 0 saturated carbocycles. The summed E-state index contributed by atoms with van der Waals surface area (Å²) >= 11 is 0. The van der Waals surface area contributed by atoms with Gasteiger partial charge < -0.3 is 20.9 Å². The van der Waals surface area contributed by atoms with Gasteiger partial charge in [-0.25, -0.2) is 14.3 Å². The maximum Gasteiger partial charge on any atom is 0.408 e. The summed E-state index contributed by atoms with van der Waals surface area (Å²) in [6.45, 7) is 4.85. The number of aromatic carboxylic acids is 1. The van der Waals surface area contributed by atoms with Crippen LogP contribution in [0.4, 0.5) is 4.79 Å². The van der Waals surface area contributed by atoms with Crippen LogP contribution in [0.5, 0.6) is 0 Å². The van der Waals surface area contributed by atoms with Gasteiger partial charge in [-0.1, -0.05) is 5.21 Å². The number of carbonyl (C=O) groups excluding carboxylic acids is 2. The number of hydrogen-bond donors (Lipinski definition) is 3. The van der Waals surface area contributed by atoms with Gasteiger partial charge >= 0.3 is 12.1 Å². The van der Waals surface area contributed by atoms with Crippen LogP contribution in [-0.4, -0.2) is 49.7 Å². The summed E-state index contributed by atoms with van der Waals surface area (Å²) in [4.78, 5) is 33.6. The normalized spacial score (nSPS) is 12.5. The number of nitrogens with zero attached hydrogens (tertiary/aromatic N) is 3. The van der Waals surface area contributed by atoms with E-state index in [4.69, 9.17) is 15.6 Å². The van der Waals surface area contributed by atoms with Gasteiger partial charge in [-0.15, -0.1) is 5.10 Å². The van der Waals surface area contributed by atoms with E-state index in [9.17, 15) is 14.4 Å². The zero-order chi connectivity index (χ0) is 16.2. The van der Waals surface area contributed by atoms with Crippen LogP contribution in [0.1, 0.15) is 31.3 Å². The summed E-state index contributed by atoms with van der Waals surface area (Å²) in [6, 6.07) is -1.11. The Morgan fingerprint density at radius 3 is 2.52 bits per heavy atom. The van der Waals surface area contributed by atoms with Crippen LogP contribution in [-0.2, 0) is 16.1 Å². The van der Waals surface area contributed by atoms with E-state index >= 15 is 0 Å². The van der Waals surface area contributed by atoms with Crippen LogP contribution < -0.4 is 11.1 Å². The van der Waals surface area contributed by atoms with Crippen molar-refractivity contribution in [3.05, 3.63) is 11.9 Å². The summed E-state index contributed by atoms with van der Waals surface area (Å²) in [5.41, 5.74) is 4.17. The Bertz CT molecular complexity index is 547. The molecule has 0 saturated heterocycles. The monoisotopic (exact) mass is 299 g/mol. The number of aromatic nitrogens is 3. The lowest BCUT2D eigenvalue weighted by molar-refractivity contribution is -0.120. The van der Waals surface area contributed by atoms with Crippen molar-refractivity contribution in [1.29, 1.82) is 0 Å². The van der Waals surface area contributed by atoms with Crippen molar-refractivity contribution in [2.45, 2.75) is 39.0 Å². The van der Waals surface area contributed by atoms with Gasteiger partial charge in [0.15, 0.2) is 5.69 Å². The number of ether oxygens (including phenoxy) is 1. The van der Waals surface area contributed by atoms with Gasteiger partial charge in [0.2, 0.25) is 5.91 Å². The first-order chi connectivity index (χ1) is 9.58. The number of carbonyl (C=O) groups is 3. The SMILES string of the molecule is CC(C)(C)OC(=O)N[C@H](Cn1cc(C(=O)O)nn1)C(N)=O. The molecule has 1 atom stereocenters. The Morgan fingerprint density at radius 2 is 2.10 bits per heavy atom. The van der Waals surface area contributed by atoms with Gasteiger partial charge in [0.25, 0.3) is 0 Å². The quantitative estimate of drug-likeness (QED) is 0.654. The van der Waals surface area contributed by atoms with Gasteiger partial charge in [0.1, 0.15) is 11.6 Å². The molecule has 10 heteroatoms. The Morgan fingerprint density at radius 1 is 1.48 bits per heavy atom. The van der Waals surface area contributed by atoms with E-state index in [1.807, 2.05) is 0 Å². The van der Waals surface area contributed by atoms with Gasteiger partial charge in [-0.3, -0.25) is 4.79 Å². The van der Waals surface area contributed by atoms with Gasteiger partial charge in [-0.05, 0) is 20.8 Å². The number of rotatable bonds is 5. The summed E-state index contributed by atoms with van der Waals surface area (Å²) in [5, 5.41) is 17.9. The lowest BCUT2D eigenvalue weighted by atomic mass is 10.2. The van der Waals surface area contributed by atoms with Crippen molar-refractivity contribution in [2.24, 2.45) is 5.73 Å². The maximum absolute atomic E-state index is 11.6. The largest absolute Gasteiger partial charge is 0.476 e. The van der Waals surface area contributed by atoms with E-state index in [0.29, 0.717) is 0 Å².